The molecule has 0 bridgehead atoms. The van der Waals surface area contributed by atoms with Crippen LogP contribution >= 0.6 is 11.8 Å². The van der Waals surface area contributed by atoms with Gasteiger partial charge < -0.3 is 9.47 Å². The van der Waals surface area contributed by atoms with E-state index in [4.69, 9.17) is 9.47 Å². The summed E-state index contributed by atoms with van der Waals surface area (Å²) in [6.07, 6.45) is 0. The van der Waals surface area contributed by atoms with Crippen LogP contribution in [0.4, 0.5) is 0 Å². The Hall–Kier alpha value is -0.920. The summed E-state index contributed by atoms with van der Waals surface area (Å²) in [5.74, 6) is 2.25. The summed E-state index contributed by atoms with van der Waals surface area (Å²) in [5, 5.41) is 0. The van der Waals surface area contributed by atoms with Gasteiger partial charge in [-0.15, -0.1) is 11.8 Å². The van der Waals surface area contributed by atoms with Crippen molar-refractivity contribution in [1.29, 1.82) is 0 Å². The maximum Gasteiger partial charge on any atom is 0.247 e. The highest BCUT2D eigenvalue weighted by atomic mass is 32.2. The molecule has 1 aliphatic heterocycles. The third-order valence-corrected chi connectivity index (χ3v) is 5.86. The Labute approximate surface area is 124 Å². The molecule has 0 unspecified atom stereocenters. The van der Waals surface area contributed by atoms with Crippen molar-refractivity contribution in [3.05, 3.63) is 18.2 Å². The van der Waals surface area contributed by atoms with Crippen LogP contribution in [0.3, 0.4) is 0 Å². The highest BCUT2D eigenvalue weighted by Gasteiger charge is 2.30. The lowest BCUT2D eigenvalue weighted by Crippen LogP contribution is -2.28. The molecule has 0 aliphatic carbocycles. The lowest BCUT2D eigenvalue weighted by atomic mass is 10.3. The minimum atomic E-state index is -3.52. The smallest absolute Gasteiger partial charge is 0.247 e. The van der Waals surface area contributed by atoms with Gasteiger partial charge in [0.05, 0.1) is 19.1 Å². The molecular weight excluding hydrogens is 298 g/mol. The molecule has 7 heteroatoms. The second kappa shape index (κ2) is 6.69. The maximum atomic E-state index is 12.7. The first-order valence-corrected chi connectivity index (χ1v) is 9.16. The van der Waals surface area contributed by atoms with E-state index in [2.05, 4.69) is 0 Å². The molecule has 0 N–H and O–H groups in total. The summed E-state index contributed by atoms with van der Waals surface area (Å²) < 4.78 is 37.6. The summed E-state index contributed by atoms with van der Waals surface area (Å²) in [7, 11) is -3.52. The predicted octanol–water partition coefficient (Wildman–Crippen LogP) is 2.18. The van der Waals surface area contributed by atoms with Crippen LogP contribution in [-0.2, 0) is 10.0 Å². The van der Waals surface area contributed by atoms with Crippen LogP contribution in [0.25, 0.3) is 0 Å². The van der Waals surface area contributed by atoms with Gasteiger partial charge in [-0.2, -0.15) is 4.31 Å². The molecule has 1 aromatic rings. The minimum absolute atomic E-state index is 0.188. The molecule has 20 heavy (non-hydrogen) atoms. The van der Waals surface area contributed by atoms with Crippen molar-refractivity contribution in [3.8, 4) is 11.5 Å². The van der Waals surface area contributed by atoms with Crippen LogP contribution in [0.2, 0.25) is 0 Å². The number of hydrogen-bond donors (Lipinski definition) is 0. The van der Waals surface area contributed by atoms with E-state index >= 15 is 0 Å². The third-order valence-electron chi connectivity index (χ3n) is 2.86. The molecule has 1 aromatic carbocycles. The van der Waals surface area contributed by atoms with E-state index in [1.54, 1.807) is 30.0 Å². The van der Waals surface area contributed by atoms with Crippen molar-refractivity contribution in [1.82, 2.24) is 4.31 Å². The second-order valence-electron chi connectivity index (χ2n) is 4.19. The monoisotopic (exact) mass is 317 g/mol. The lowest BCUT2D eigenvalue weighted by molar-refractivity contribution is 0.321. The van der Waals surface area contributed by atoms with Crippen LogP contribution in [0.15, 0.2) is 23.1 Å². The normalized spacial score (nSPS) is 16.3. The van der Waals surface area contributed by atoms with E-state index in [9.17, 15) is 8.42 Å². The Morgan fingerprint density at radius 3 is 2.60 bits per heavy atom. The van der Waals surface area contributed by atoms with Crippen molar-refractivity contribution in [2.45, 2.75) is 18.7 Å². The number of ether oxygens (including phenoxy) is 2. The van der Waals surface area contributed by atoms with E-state index in [0.717, 1.165) is 5.75 Å². The Morgan fingerprint density at radius 1 is 1.25 bits per heavy atom. The van der Waals surface area contributed by atoms with Gasteiger partial charge in [0, 0.05) is 18.4 Å². The zero-order chi connectivity index (χ0) is 14.6. The highest BCUT2D eigenvalue weighted by molar-refractivity contribution is 8.00. The molecule has 1 saturated heterocycles. The first-order valence-electron chi connectivity index (χ1n) is 6.57. The summed E-state index contributed by atoms with van der Waals surface area (Å²) in [5.41, 5.74) is 0. The first kappa shape index (κ1) is 15.5. The quantitative estimate of drug-likeness (QED) is 0.805. The number of rotatable bonds is 6. The van der Waals surface area contributed by atoms with Crippen LogP contribution in [0, 0.1) is 0 Å². The predicted molar refractivity (Wildman–Crippen MR) is 80.0 cm³/mol. The zero-order valence-electron chi connectivity index (χ0n) is 11.7. The molecule has 1 aliphatic rings. The van der Waals surface area contributed by atoms with E-state index in [1.165, 1.54) is 4.31 Å². The van der Waals surface area contributed by atoms with Gasteiger partial charge in [-0.25, -0.2) is 8.42 Å². The van der Waals surface area contributed by atoms with Crippen LogP contribution < -0.4 is 9.47 Å². The van der Waals surface area contributed by atoms with Crippen molar-refractivity contribution < 1.29 is 17.9 Å². The Kier molecular flexibility index (Phi) is 5.17. The molecule has 0 amide bonds. The SMILES string of the molecule is CCOc1ccc(OCC)c(S(=O)(=O)N2CCSC2)c1. The summed E-state index contributed by atoms with van der Waals surface area (Å²) in [6.45, 7) is 5.15. The van der Waals surface area contributed by atoms with E-state index in [-0.39, 0.29) is 4.90 Å². The maximum absolute atomic E-state index is 12.7. The fourth-order valence-electron chi connectivity index (χ4n) is 1.95. The Bertz CT molecular complexity index is 553. The average Bonchev–Trinajstić information content (AvgIpc) is 2.95. The number of sulfonamides is 1. The molecule has 1 heterocycles. The minimum Gasteiger partial charge on any atom is -0.494 e. The van der Waals surface area contributed by atoms with E-state index in [1.807, 2.05) is 13.8 Å². The van der Waals surface area contributed by atoms with Gasteiger partial charge in [0.25, 0.3) is 0 Å². The zero-order valence-corrected chi connectivity index (χ0v) is 13.3. The second-order valence-corrected chi connectivity index (χ2v) is 7.17. The van der Waals surface area contributed by atoms with Gasteiger partial charge in [0.2, 0.25) is 10.0 Å². The molecule has 112 valence electrons. The van der Waals surface area contributed by atoms with Crippen molar-refractivity contribution in [3.63, 3.8) is 0 Å². The highest BCUT2D eigenvalue weighted by Crippen LogP contribution is 2.33. The van der Waals surface area contributed by atoms with Gasteiger partial charge in [0.1, 0.15) is 16.4 Å². The average molecular weight is 317 g/mol. The summed E-state index contributed by atoms with van der Waals surface area (Å²) in [6, 6.07) is 4.93. The fourth-order valence-corrected chi connectivity index (χ4v) is 4.91. The Morgan fingerprint density at radius 2 is 2.00 bits per heavy atom. The topological polar surface area (TPSA) is 55.8 Å². The standard InChI is InChI=1S/C13H19NO4S2/c1-3-17-11-5-6-12(18-4-2)13(9-11)20(15,16)14-7-8-19-10-14/h5-6,9H,3-4,7-8,10H2,1-2H3. The molecule has 5 nitrogen and oxygen atoms in total. The van der Waals surface area contributed by atoms with Crippen molar-refractivity contribution in [2.75, 3.05) is 31.4 Å². The van der Waals surface area contributed by atoms with Gasteiger partial charge in [-0.05, 0) is 26.0 Å². The lowest BCUT2D eigenvalue weighted by Gasteiger charge is -2.18. The molecular formula is C13H19NO4S2. The number of hydrogen-bond acceptors (Lipinski definition) is 5. The van der Waals surface area contributed by atoms with Crippen LogP contribution in [-0.4, -0.2) is 44.1 Å². The summed E-state index contributed by atoms with van der Waals surface area (Å²) in [4.78, 5) is 0.188. The van der Waals surface area contributed by atoms with Gasteiger partial charge >= 0.3 is 0 Å². The van der Waals surface area contributed by atoms with Gasteiger partial charge in [-0.1, -0.05) is 0 Å². The molecule has 0 radical (unpaired) electrons. The number of nitrogens with zero attached hydrogens (tertiary/aromatic N) is 1. The number of benzene rings is 1. The summed E-state index contributed by atoms with van der Waals surface area (Å²) >= 11 is 1.61. The van der Waals surface area contributed by atoms with Crippen molar-refractivity contribution >= 4 is 21.8 Å². The van der Waals surface area contributed by atoms with E-state index < -0.39 is 10.0 Å². The van der Waals surface area contributed by atoms with E-state index in [0.29, 0.717) is 37.1 Å². The van der Waals surface area contributed by atoms with Gasteiger partial charge in [0.15, 0.2) is 0 Å². The first-order chi connectivity index (χ1) is 9.59. The van der Waals surface area contributed by atoms with Crippen LogP contribution in [0.5, 0.6) is 11.5 Å². The molecule has 0 spiro atoms. The largest absolute Gasteiger partial charge is 0.494 e. The molecule has 0 atom stereocenters. The van der Waals surface area contributed by atoms with Crippen molar-refractivity contribution in [2.24, 2.45) is 0 Å². The fraction of sp³-hybridized carbons (Fsp3) is 0.538. The van der Waals surface area contributed by atoms with Crippen LogP contribution in [0.1, 0.15) is 13.8 Å². The molecule has 0 saturated carbocycles. The molecule has 2 rings (SSSR count). The number of thioether (sulfide) groups is 1. The van der Waals surface area contributed by atoms with Gasteiger partial charge in [-0.3, -0.25) is 0 Å². The molecule has 1 fully saturated rings. The Balaban J connectivity index is 2.42. The molecule has 0 aromatic heterocycles. The third kappa shape index (κ3) is 3.21.